The van der Waals surface area contributed by atoms with E-state index in [1.807, 2.05) is 43.3 Å². The first-order chi connectivity index (χ1) is 12.7. The highest BCUT2D eigenvalue weighted by molar-refractivity contribution is 9.10. The summed E-state index contributed by atoms with van der Waals surface area (Å²) in [6, 6.07) is 20.4. The number of hydrogen-bond acceptors (Lipinski definition) is 5. The highest BCUT2D eigenvalue weighted by Crippen LogP contribution is 2.36. The van der Waals surface area contributed by atoms with Gasteiger partial charge in [0.15, 0.2) is 5.65 Å². The fourth-order valence-electron chi connectivity index (χ4n) is 2.58. The first kappa shape index (κ1) is 17.0. The molecule has 0 aliphatic rings. The van der Waals surface area contributed by atoms with Crippen molar-refractivity contribution in [2.45, 2.75) is 16.7 Å². The van der Waals surface area contributed by atoms with Gasteiger partial charge in [0.2, 0.25) is 0 Å². The van der Waals surface area contributed by atoms with Crippen LogP contribution in [0.4, 0.5) is 11.5 Å². The summed E-state index contributed by atoms with van der Waals surface area (Å²) in [5.41, 5.74) is 2.63. The Hall–Kier alpha value is -2.44. The van der Waals surface area contributed by atoms with E-state index in [4.69, 9.17) is 0 Å². The van der Waals surface area contributed by atoms with Crippen molar-refractivity contribution in [3.05, 3.63) is 77.2 Å². The summed E-state index contributed by atoms with van der Waals surface area (Å²) in [4.78, 5) is 15.5. The number of nitrogens with zero attached hydrogens (tertiary/aromatic N) is 3. The maximum Gasteiger partial charge on any atom is 0.164 e. The molecule has 128 valence electrons. The lowest BCUT2D eigenvalue weighted by Crippen LogP contribution is -1.98. The summed E-state index contributed by atoms with van der Waals surface area (Å²) in [7, 11) is 0. The fraction of sp³-hybridized carbons (Fsp3) is 0.0500. The van der Waals surface area contributed by atoms with Crippen molar-refractivity contribution in [2.75, 3.05) is 5.32 Å². The third-order valence-corrected chi connectivity index (χ3v) is 5.36. The Morgan fingerprint density at radius 2 is 1.85 bits per heavy atom. The smallest absolute Gasteiger partial charge is 0.164 e. The van der Waals surface area contributed by atoms with Crippen LogP contribution in [0.1, 0.15) is 5.69 Å². The molecule has 26 heavy (non-hydrogen) atoms. The Kier molecular flexibility index (Phi) is 4.86. The second-order valence-electron chi connectivity index (χ2n) is 5.73. The Balaban J connectivity index is 1.69. The maximum atomic E-state index is 4.48. The second-order valence-corrected chi connectivity index (χ2v) is 7.76. The molecule has 4 nitrogen and oxygen atoms in total. The van der Waals surface area contributed by atoms with Crippen molar-refractivity contribution in [1.29, 1.82) is 0 Å². The lowest BCUT2D eigenvalue weighted by atomic mass is 10.2. The summed E-state index contributed by atoms with van der Waals surface area (Å²) in [6.07, 6.45) is 1.54. The van der Waals surface area contributed by atoms with Gasteiger partial charge in [-0.05, 0) is 49.4 Å². The number of hydrogen-bond donors (Lipinski definition) is 1. The van der Waals surface area contributed by atoms with Crippen molar-refractivity contribution in [3.63, 3.8) is 0 Å². The summed E-state index contributed by atoms with van der Waals surface area (Å²) in [6.45, 7) is 1.96. The molecule has 0 saturated heterocycles. The number of para-hydroxylation sites is 1. The first-order valence-electron chi connectivity index (χ1n) is 8.07. The Morgan fingerprint density at radius 3 is 2.73 bits per heavy atom. The third kappa shape index (κ3) is 3.71. The predicted molar refractivity (Wildman–Crippen MR) is 110 cm³/mol. The van der Waals surface area contributed by atoms with E-state index in [1.54, 1.807) is 18.1 Å². The summed E-state index contributed by atoms with van der Waals surface area (Å²) < 4.78 is 1.07. The minimum Gasteiger partial charge on any atom is -0.339 e. The zero-order valence-corrected chi connectivity index (χ0v) is 16.4. The van der Waals surface area contributed by atoms with Crippen LogP contribution in [-0.2, 0) is 0 Å². The summed E-state index contributed by atoms with van der Waals surface area (Å²) >= 11 is 5.23. The van der Waals surface area contributed by atoms with Crippen molar-refractivity contribution in [3.8, 4) is 0 Å². The molecule has 2 aromatic heterocycles. The lowest BCUT2D eigenvalue weighted by Gasteiger charge is -2.12. The van der Waals surface area contributed by atoms with Gasteiger partial charge in [0.25, 0.3) is 0 Å². The molecule has 4 rings (SSSR count). The van der Waals surface area contributed by atoms with E-state index >= 15 is 0 Å². The van der Waals surface area contributed by atoms with Crippen molar-refractivity contribution < 1.29 is 0 Å². The quantitative estimate of drug-likeness (QED) is 0.437. The molecule has 0 amide bonds. The summed E-state index contributed by atoms with van der Waals surface area (Å²) in [5, 5.41) is 4.35. The van der Waals surface area contributed by atoms with E-state index in [1.165, 1.54) is 4.90 Å². The van der Waals surface area contributed by atoms with Crippen LogP contribution < -0.4 is 5.32 Å². The van der Waals surface area contributed by atoms with Gasteiger partial charge >= 0.3 is 0 Å². The Labute approximate surface area is 164 Å². The molecule has 0 unspecified atom stereocenters. The molecule has 4 aromatic rings. The van der Waals surface area contributed by atoms with Crippen LogP contribution in [0.25, 0.3) is 11.0 Å². The zero-order valence-electron chi connectivity index (χ0n) is 14.0. The van der Waals surface area contributed by atoms with Gasteiger partial charge in [0.05, 0.1) is 11.1 Å². The standard InChI is InChI=1S/C20H15BrN4S/c1-13-9-10-16-19(24-13)22-12-23-20(16)25-17-7-2-3-8-18(17)26-15-6-4-5-14(21)11-15/h2-12H,1H3,(H,22,23,24,25). The number of rotatable bonds is 4. The van der Waals surface area contributed by atoms with Gasteiger partial charge in [-0.15, -0.1) is 0 Å². The molecule has 0 spiro atoms. The molecule has 6 heteroatoms. The first-order valence-corrected chi connectivity index (χ1v) is 9.68. The highest BCUT2D eigenvalue weighted by Gasteiger charge is 2.09. The molecule has 0 aliphatic heterocycles. The van der Waals surface area contributed by atoms with Crippen molar-refractivity contribution >= 4 is 50.2 Å². The number of aryl methyl sites for hydroxylation is 1. The fourth-order valence-corrected chi connectivity index (χ4v) is 4.09. The molecular formula is C20H15BrN4S. The largest absolute Gasteiger partial charge is 0.339 e. The molecule has 0 atom stereocenters. The van der Waals surface area contributed by atoms with E-state index in [2.05, 4.69) is 60.5 Å². The molecule has 0 radical (unpaired) electrons. The minimum atomic E-state index is 0.694. The average Bonchev–Trinajstić information content (AvgIpc) is 2.63. The molecule has 0 fully saturated rings. The molecule has 0 saturated carbocycles. The van der Waals surface area contributed by atoms with Gasteiger partial charge in [-0.2, -0.15) is 0 Å². The van der Waals surface area contributed by atoms with Gasteiger partial charge in [0.1, 0.15) is 12.1 Å². The van der Waals surface area contributed by atoms with Crippen LogP contribution in [0.5, 0.6) is 0 Å². The van der Waals surface area contributed by atoms with Gasteiger partial charge in [-0.3, -0.25) is 0 Å². The third-order valence-electron chi connectivity index (χ3n) is 3.80. The molecule has 1 N–H and O–H groups in total. The van der Waals surface area contributed by atoms with Crippen LogP contribution in [0.15, 0.2) is 81.3 Å². The Morgan fingerprint density at radius 1 is 0.962 bits per heavy atom. The monoisotopic (exact) mass is 422 g/mol. The van der Waals surface area contributed by atoms with Gasteiger partial charge in [0, 0.05) is 20.0 Å². The topological polar surface area (TPSA) is 50.7 Å². The van der Waals surface area contributed by atoms with E-state index in [9.17, 15) is 0 Å². The molecule has 2 aromatic carbocycles. The van der Waals surface area contributed by atoms with Crippen LogP contribution in [0.2, 0.25) is 0 Å². The normalized spacial score (nSPS) is 10.8. The van der Waals surface area contributed by atoms with Gasteiger partial charge in [-0.25, -0.2) is 15.0 Å². The van der Waals surface area contributed by atoms with Crippen LogP contribution >= 0.6 is 27.7 Å². The van der Waals surface area contributed by atoms with E-state index < -0.39 is 0 Å². The molecule has 0 bridgehead atoms. The SMILES string of the molecule is Cc1ccc2c(Nc3ccccc3Sc3cccc(Br)c3)ncnc2n1. The average molecular weight is 423 g/mol. The number of fused-ring (bicyclic) bond motifs is 1. The van der Waals surface area contributed by atoms with E-state index in [-0.39, 0.29) is 0 Å². The second kappa shape index (κ2) is 7.43. The number of pyridine rings is 1. The maximum absolute atomic E-state index is 4.48. The predicted octanol–water partition coefficient (Wildman–Crippen LogP) is 5.99. The van der Waals surface area contributed by atoms with Crippen LogP contribution in [-0.4, -0.2) is 15.0 Å². The van der Waals surface area contributed by atoms with Crippen LogP contribution in [0, 0.1) is 6.92 Å². The molecule has 2 heterocycles. The van der Waals surface area contributed by atoms with Crippen molar-refractivity contribution in [1.82, 2.24) is 15.0 Å². The van der Waals surface area contributed by atoms with E-state index in [0.29, 0.717) is 5.65 Å². The van der Waals surface area contributed by atoms with Crippen molar-refractivity contribution in [2.24, 2.45) is 0 Å². The van der Waals surface area contributed by atoms with Crippen LogP contribution in [0.3, 0.4) is 0 Å². The lowest BCUT2D eigenvalue weighted by molar-refractivity contribution is 1.15. The highest BCUT2D eigenvalue weighted by atomic mass is 79.9. The molecular weight excluding hydrogens is 408 g/mol. The minimum absolute atomic E-state index is 0.694. The number of halogens is 1. The molecule has 0 aliphatic carbocycles. The Bertz CT molecular complexity index is 1080. The number of anilines is 2. The number of aromatic nitrogens is 3. The van der Waals surface area contributed by atoms with E-state index in [0.717, 1.165) is 32.0 Å². The summed E-state index contributed by atoms with van der Waals surface area (Å²) in [5.74, 6) is 0.754. The zero-order chi connectivity index (χ0) is 17.9. The van der Waals surface area contributed by atoms with Gasteiger partial charge < -0.3 is 5.32 Å². The number of benzene rings is 2. The van der Waals surface area contributed by atoms with Gasteiger partial charge in [-0.1, -0.05) is 45.9 Å². The number of nitrogens with one attached hydrogen (secondary N) is 1.